The molecule has 1 heterocycles. The van der Waals surface area contributed by atoms with Crippen LogP contribution in [-0.4, -0.2) is 42.6 Å². The molecule has 1 fully saturated rings. The molecule has 16 heavy (non-hydrogen) atoms. The highest BCUT2D eigenvalue weighted by Gasteiger charge is 2.47. The van der Waals surface area contributed by atoms with Crippen LogP contribution in [0.5, 0.6) is 0 Å². The van der Waals surface area contributed by atoms with Gasteiger partial charge in [0.25, 0.3) is 0 Å². The van der Waals surface area contributed by atoms with Gasteiger partial charge in [0.1, 0.15) is 6.04 Å². The van der Waals surface area contributed by atoms with Crippen LogP contribution in [0.25, 0.3) is 0 Å². The molecule has 0 aromatic heterocycles. The van der Waals surface area contributed by atoms with E-state index >= 15 is 0 Å². The molecule has 1 aliphatic rings. The van der Waals surface area contributed by atoms with Gasteiger partial charge in [-0.15, -0.1) is 0 Å². The molecule has 4 nitrogen and oxygen atoms in total. The van der Waals surface area contributed by atoms with Crippen LogP contribution >= 0.6 is 0 Å². The number of methoxy groups -OCH3 is 1. The van der Waals surface area contributed by atoms with Gasteiger partial charge in [0.2, 0.25) is 5.91 Å². The predicted molar refractivity (Wildman–Crippen MR) is 47.4 cm³/mol. The highest BCUT2D eigenvalue weighted by atomic mass is 19.4. The zero-order valence-electron chi connectivity index (χ0n) is 8.87. The van der Waals surface area contributed by atoms with Gasteiger partial charge in [0, 0.05) is 13.0 Å². The minimum atomic E-state index is -4.47. The van der Waals surface area contributed by atoms with Crippen molar-refractivity contribution < 1.29 is 27.5 Å². The summed E-state index contributed by atoms with van der Waals surface area (Å²) in [6.45, 7) is 0.670. The number of likely N-dealkylation sites (tertiary alicyclic amines) is 1. The van der Waals surface area contributed by atoms with Crippen molar-refractivity contribution in [2.24, 2.45) is 5.92 Å². The number of hydrogen-bond donors (Lipinski definition) is 0. The summed E-state index contributed by atoms with van der Waals surface area (Å²) in [5, 5.41) is 0. The van der Waals surface area contributed by atoms with Gasteiger partial charge in [-0.2, -0.15) is 13.2 Å². The molecule has 0 radical (unpaired) electrons. The summed E-state index contributed by atoms with van der Waals surface area (Å²) < 4.78 is 41.5. The van der Waals surface area contributed by atoms with Gasteiger partial charge < -0.3 is 9.64 Å². The third-order valence-electron chi connectivity index (χ3n) is 2.63. The second-order valence-electron chi connectivity index (χ2n) is 3.69. The monoisotopic (exact) mass is 239 g/mol. The second kappa shape index (κ2) is 4.31. The standard InChI is InChI=1S/C9H12F3NO3/c1-5(9(10,11)12)13-4-6(3-7(13)14)8(15)16-2/h5-6H,3-4H2,1-2H3. The van der Waals surface area contributed by atoms with Crippen molar-refractivity contribution in [3.8, 4) is 0 Å². The number of nitrogens with zero attached hydrogens (tertiary/aromatic N) is 1. The number of carbonyl (C=O) groups excluding carboxylic acids is 2. The Labute approximate surface area is 90.3 Å². The molecule has 0 aliphatic carbocycles. The van der Waals surface area contributed by atoms with Gasteiger partial charge in [-0.05, 0) is 6.92 Å². The molecule has 2 unspecified atom stereocenters. The van der Waals surface area contributed by atoms with E-state index in [2.05, 4.69) is 4.74 Å². The van der Waals surface area contributed by atoms with Crippen LogP contribution in [0, 0.1) is 5.92 Å². The smallest absolute Gasteiger partial charge is 0.408 e. The normalized spacial score (nSPS) is 23.4. The molecule has 0 spiro atoms. The van der Waals surface area contributed by atoms with Crippen LogP contribution in [0.1, 0.15) is 13.3 Å². The average molecular weight is 239 g/mol. The van der Waals surface area contributed by atoms with E-state index < -0.39 is 30.0 Å². The first-order chi connectivity index (χ1) is 7.27. The molecular formula is C9H12F3NO3. The Bertz CT molecular complexity index is 303. The third kappa shape index (κ3) is 2.45. The molecule has 2 atom stereocenters. The van der Waals surface area contributed by atoms with Gasteiger partial charge in [-0.3, -0.25) is 9.59 Å². The lowest BCUT2D eigenvalue weighted by atomic mass is 10.1. The van der Waals surface area contributed by atoms with Gasteiger partial charge in [-0.1, -0.05) is 0 Å². The van der Waals surface area contributed by atoms with Crippen molar-refractivity contribution in [3.63, 3.8) is 0 Å². The molecule has 1 saturated heterocycles. The summed E-state index contributed by atoms with van der Waals surface area (Å²) in [6.07, 6.45) is -4.69. The number of rotatable bonds is 2. The lowest BCUT2D eigenvalue weighted by molar-refractivity contribution is -0.182. The SMILES string of the molecule is COC(=O)C1CC(=O)N(C(C)C(F)(F)F)C1. The average Bonchev–Trinajstić information content (AvgIpc) is 2.56. The molecule has 0 N–H and O–H groups in total. The summed E-state index contributed by atoms with van der Waals surface area (Å²) in [6, 6.07) is -1.87. The van der Waals surface area contributed by atoms with Crippen LogP contribution < -0.4 is 0 Å². The van der Waals surface area contributed by atoms with Gasteiger partial charge in [-0.25, -0.2) is 0 Å². The minimum Gasteiger partial charge on any atom is -0.469 e. The van der Waals surface area contributed by atoms with Gasteiger partial charge >= 0.3 is 12.1 Å². The first-order valence-electron chi connectivity index (χ1n) is 4.71. The number of ether oxygens (including phenoxy) is 1. The highest BCUT2D eigenvalue weighted by molar-refractivity contribution is 5.87. The molecule has 0 saturated carbocycles. The van der Waals surface area contributed by atoms with E-state index in [4.69, 9.17) is 0 Å². The minimum absolute atomic E-state index is 0.215. The van der Waals surface area contributed by atoms with E-state index in [0.717, 1.165) is 14.0 Å². The molecule has 1 rings (SSSR count). The van der Waals surface area contributed by atoms with Crippen LogP contribution in [-0.2, 0) is 14.3 Å². The van der Waals surface area contributed by atoms with E-state index in [1.54, 1.807) is 0 Å². The lowest BCUT2D eigenvalue weighted by Crippen LogP contribution is -2.44. The molecule has 92 valence electrons. The van der Waals surface area contributed by atoms with Crippen LogP contribution in [0.3, 0.4) is 0 Å². The van der Waals surface area contributed by atoms with Crippen molar-refractivity contribution in [1.82, 2.24) is 4.90 Å². The maximum Gasteiger partial charge on any atom is 0.408 e. The number of amides is 1. The first-order valence-corrected chi connectivity index (χ1v) is 4.71. The summed E-state index contributed by atoms with van der Waals surface area (Å²) in [7, 11) is 1.14. The topological polar surface area (TPSA) is 46.6 Å². The Morgan fingerprint density at radius 2 is 2.12 bits per heavy atom. The highest BCUT2D eigenvalue weighted by Crippen LogP contribution is 2.30. The number of halogens is 3. The van der Waals surface area contributed by atoms with E-state index in [0.29, 0.717) is 4.90 Å². The van der Waals surface area contributed by atoms with E-state index in [-0.39, 0.29) is 13.0 Å². The maximum atomic E-state index is 12.4. The van der Waals surface area contributed by atoms with E-state index in [9.17, 15) is 22.8 Å². The van der Waals surface area contributed by atoms with Crippen LogP contribution in [0.4, 0.5) is 13.2 Å². The maximum absolute atomic E-state index is 12.4. The van der Waals surface area contributed by atoms with Crippen molar-refractivity contribution >= 4 is 11.9 Å². The largest absolute Gasteiger partial charge is 0.469 e. The fourth-order valence-corrected chi connectivity index (χ4v) is 1.61. The first kappa shape index (κ1) is 12.8. The zero-order chi connectivity index (χ0) is 12.5. The van der Waals surface area contributed by atoms with Crippen LogP contribution in [0.15, 0.2) is 0 Å². The Morgan fingerprint density at radius 1 is 1.56 bits per heavy atom. The molecular weight excluding hydrogens is 227 g/mol. The summed E-state index contributed by atoms with van der Waals surface area (Å²) in [5.74, 6) is -2.10. The second-order valence-corrected chi connectivity index (χ2v) is 3.69. The molecule has 0 aromatic carbocycles. The van der Waals surface area contributed by atoms with E-state index in [1.807, 2.05) is 0 Å². The Morgan fingerprint density at radius 3 is 2.56 bits per heavy atom. The van der Waals surface area contributed by atoms with Gasteiger partial charge in [0.05, 0.1) is 13.0 Å². The van der Waals surface area contributed by atoms with Crippen molar-refractivity contribution in [3.05, 3.63) is 0 Å². The Kier molecular flexibility index (Phi) is 3.44. The fraction of sp³-hybridized carbons (Fsp3) is 0.778. The summed E-state index contributed by atoms with van der Waals surface area (Å²) >= 11 is 0. The predicted octanol–water partition coefficient (Wildman–Crippen LogP) is 0.959. The summed E-state index contributed by atoms with van der Waals surface area (Å²) in [4.78, 5) is 23.1. The lowest BCUT2D eigenvalue weighted by Gasteiger charge is -2.26. The molecule has 1 amide bonds. The molecule has 0 bridgehead atoms. The van der Waals surface area contributed by atoms with Crippen molar-refractivity contribution in [2.45, 2.75) is 25.6 Å². The number of alkyl halides is 3. The van der Waals surface area contributed by atoms with Crippen molar-refractivity contribution in [2.75, 3.05) is 13.7 Å². The molecule has 1 aliphatic heterocycles. The van der Waals surface area contributed by atoms with Crippen molar-refractivity contribution in [1.29, 1.82) is 0 Å². The number of esters is 1. The Hall–Kier alpha value is -1.27. The molecule has 7 heteroatoms. The fourth-order valence-electron chi connectivity index (χ4n) is 1.61. The van der Waals surface area contributed by atoms with Gasteiger partial charge in [0.15, 0.2) is 0 Å². The number of hydrogen-bond acceptors (Lipinski definition) is 3. The number of carbonyl (C=O) groups is 2. The molecule has 0 aromatic rings. The van der Waals surface area contributed by atoms with E-state index in [1.165, 1.54) is 0 Å². The van der Waals surface area contributed by atoms with Crippen LogP contribution in [0.2, 0.25) is 0 Å². The quantitative estimate of drug-likeness (QED) is 0.674. The third-order valence-corrected chi connectivity index (χ3v) is 2.63. The summed E-state index contributed by atoms with van der Waals surface area (Å²) in [5.41, 5.74) is 0. The zero-order valence-corrected chi connectivity index (χ0v) is 8.87. The Balaban J connectivity index is 2.72.